The Balaban J connectivity index is 1.73. The van der Waals surface area contributed by atoms with Gasteiger partial charge in [-0.2, -0.15) is 0 Å². The quantitative estimate of drug-likeness (QED) is 0.625. The summed E-state index contributed by atoms with van der Waals surface area (Å²) in [6, 6.07) is 15.6. The van der Waals surface area contributed by atoms with Crippen LogP contribution in [-0.2, 0) is 20.9 Å². The standard InChI is InChI=1S/C26H26FNO3/c1-16-22(25(30)31-15-17-8-5-4-6-9-17)23(18-10-7-11-19(27)12-18)24-20(28-16)13-26(2,3)14-21(24)29/h4-12,22-23H,13-15H2,1-3H3/t22?,23-/m0/s1. The highest BCUT2D eigenvalue weighted by Crippen LogP contribution is 2.48. The van der Waals surface area contributed by atoms with Crippen LogP contribution in [0.5, 0.6) is 0 Å². The van der Waals surface area contributed by atoms with Gasteiger partial charge in [-0.25, -0.2) is 4.39 Å². The lowest BCUT2D eigenvalue weighted by Gasteiger charge is -2.39. The summed E-state index contributed by atoms with van der Waals surface area (Å²) in [6.07, 6.45) is 1.01. The summed E-state index contributed by atoms with van der Waals surface area (Å²) < 4.78 is 19.7. The third-order valence-electron chi connectivity index (χ3n) is 5.99. The first-order chi connectivity index (χ1) is 14.7. The first-order valence-corrected chi connectivity index (χ1v) is 10.5. The van der Waals surface area contributed by atoms with Crippen molar-refractivity contribution in [1.29, 1.82) is 0 Å². The van der Waals surface area contributed by atoms with Crippen molar-refractivity contribution < 1.29 is 18.7 Å². The largest absolute Gasteiger partial charge is 0.460 e. The van der Waals surface area contributed by atoms with E-state index in [2.05, 4.69) is 4.99 Å². The summed E-state index contributed by atoms with van der Waals surface area (Å²) in [5, 5.41) is 0. The first-order valence-electron chi connectivity index (χ1n) is 10.5. The molecule has 0 N–H and O–H groups in total. The fourth-order valence-corrected chi connectivity index (χ4v) is 4.63. The lowest BCUT2D eigenvalue weighted by Crippen LogP contribution is -2.39. The number of ketones is 1. The molecule has 2 aromatic rings. The maximum absolute atomic E-state index is 14.1. The second-order valence-corrected chi connectivity index (χ2v) is 9.16. The van der Waals surface area contributed by atoms with Gasteiger partial charge >= 0.3 is 5.97 Å². The Morgan fingerprint density at radius 2 is 1.87 bits per heavy atom. The normalized spacial score (nSPS) is 22.6. The van der Waals surface area contributed by atoms with Crippen LogP contribution >= 0.6 is 0 Å². The maximum atomic E-state index is 14.1. The van der Waals surface area contributed by atoms with Gasteiger partial charge in [0, 0.05) is 29.3 Å². The molecule has 160 valence electrons. The summed E-state index contributed by atoms with van der Waals surface area (Å²) in [5.74, 6) is -2.26. The second-order valence-electron chi connectivity index (χ2n) is 9.16. The fraction of sp³-hybridized carbons (Fsp3) is 0.346. The van der Waals surface area contributed by atoms with Crippen LogP contribution < -0.4 is 0 Å². The summed E-state index contributed by atoms with van der Waals surface area (Å²) in [4.78, 5) is 31.1. The number of allylic oxidation sites excluding steroid dienone is 2. The van der Waals surface area contributed by atoms with Gasteiger partial charge in [0.15, 0.2) is 5.78 Å². The van der Waals surface area contributed by atoms with Gasteiger partial charge in [0.05, 0.1) is 0 Å². The van der Waals surface area contributed by atoms with E-state index >= 15 is 0 Å². The van der Waals surface area contributed by atoms with Crippen molar-refractivity contribution in [1.82, 2.24) is 0 Å². The number of benzene rings is 2. The minimum Gasteiger partial charge on any atom is -0.460 e. The second kappa shape index (κ2) is 8.22. The highest BCUT2D eigenvalue weighted by molar-refractivity contribution is 6.09. The van der Waals surface area contributed by atoms with E-state index in [1.54, 1.807) is 19.1 Å². The lowest BCUT2D eigenvalue weighted by molar-refractivity contribution is -0.148. The molecule has 2 aliphatic rings. The van der Waals surface area contributed by atoms with Crippen LogP contribution in [0, 0.1) is 17.2 Å². The van der Waals surface area contributed by atoms with E-state index in [1.165, 1.54) is 12.1 Å². The fourth-order valence-electron chi connectivity index (χ4n) is 4.63. The predicted octanol–water partition coefficient (Wildman–Crippen LogP) is 5.39. The third-order valence-corrected chi connectivity index (χ3v) is 5.99. The maximum Gasteiger partial charge on any atom is 0.315 e. The Kier molecular flexibility index (Phi) is 5.61. The molecule has 2 aromatic carbocycles. The van der Waals surface area contributed by atoms with E-state index in [1.807, 2.05) is 44.2 Å². The summed E-state index contributed by atoms with van der Waals surface area (Å²) in [6.45, 7) is 6.00. The van der Waals surface area contributed by atoms with E-state index in [-0.39, 0.29) is 17.8 Å². The van der Waals surface area contributed by atoms with Crippen molar-refractivity contribution in [3.05, 3.63) is 82.8 Å². The van der Waals surface area contributed by atoms with Gasteiger partial charge in [-0.05, 0) is 42.0 Å². The molecule has 1 aliphatic heterocycles. The van der Waals surface area contributed by atoms with E-state index < -0.39 is 23.6 Å². The van der Waals surface area contributed by atoms with Crippen LogP contribution in [0.15, 0.2) is 70.9 Å². The molecular weight excluding hydrogens is 393 g/mol. The molecule has 0 saturated carbocycles. The van der Waals surface area contributed by atoms with Gasteiger partial charge in [0.1, 0.15) is 18.3 Å². The minimum absolute atomic E-state index is 0.0300. The SMILES string of the molecule is CC1=NC2=C(C(=O)CC(C)(C)C2)[C@@H](c2cccc(F)c2)C1C(=O)OCc1ccccc1. The molecule has 0 spiro atoms. The summed E-state index contributed by atoms with van der Waals surface area (Å²) >= 11 is 0. The van der Waals surface area contributed by atoms with Gasteiger partial charge in [-0.1, -0.05) is 56.3 Å². The number of rotatable bonds is 4. The zero-order valence-corrected chi connectivity index (χ0v) is 18.0. The van der Waals surface area contributed by atoms with Crippen LogP contribution in [0.25, 0.3) is 0 Å². The zero-order chi connectivity index (χ0) is 22.2. The highest BCUT2D eigenvalue weighted by atomic mass is 19.1. The van der Waals surface area contributed by atoms with Crippen LogP contribution in [0.2, 0.25) is 0 Å². The topological polar surface area (TPSA) is 55.7 Å². The number of ether oxygens (including phenoxy) is 1. The van der Waals surface area contributed by atoms with Crippen molar-refractivity contribution in [2.24, 2.45) is 16.3 Å². The van der Waals surface area contributed by atoms with Gasteiger partial charge in [0.2, 0.25) is 0 Å². The Morgan fingerprint density at radius 1 is 1.13 bits per heavy atom. The Hall–Kier alpha value is -3.08. The predicted molar refractivity (Wildman–Crippen MR) is 117 cm³/mol. The number of hydrogen-bond acceptors (Lipinski definition) is 4. The molecule has 0 saturated heterocycles. The number of halogens is 1. The molecule has 2 atom stereocenters. The molecule has 4 nitrogen and oxygen atoms in total. The van der Waals surface area contributed by atoms with Crippen LogP contribution in [0.4, 0.5) is 4.39 Å². The summed E-state index contributed by atoms with van der Waals surface area (Å²) in [5.41, 5.74) is 3.09. The lowest BCUT2D eigenvalue weighted by atomic mass is 9.67. The van der Waals surface area contributed by atoms with Crippen LogP contribution in [-0.4, -0.2) is 17.5 Å². The van der Waals surface area contributed by atoms with E-state index in [0.717, 1.165) is 5.56 Å². The van der Waals surface area contributed by atoms with Gasteiger partial charge in [-0.15, -0.1) is 0 Å². The van der Waals surface area contributed by atoms with Crippen molar-refractivity contribution in [3.63, 3.8) is 0 Å². The van der Waals surface area contributed by atoms with Crippen molar-refractivity contribution in [2.45, 2.75) is 46.1 Å². The molecule has 1 unspecified atom stereocenters. The van der Waals surface area contributed by atoms with E-state index in [9.17, 15) is 14.0 Å². The monoisotopic (exact) mass is 419 g/mol. The molecule has 4 rings (SSSR count). The number of Topliss-reactive ketones (excluding diaryl/α,β-unsaturated/α-hetero) is 1. The Morgan fingerprint density at radius 3 is 2.58 bits per heavy atom. The number of aliphatic imine (C=N–C) groups is 1. The van der Waals surface area contributed by atoms with E-state index in [0.29, 0.717) is 35.4 Å². The molecule has 0 fully saturated rings. The smallest absolute Gasteiger partial charge is 0.315 e. The zero-order valence-electron chi connectivity index (χ0n) is 18.0. The molecule has 0 amide bonds. The number of esters is 1. The number of nitrogens with zero attached hydrogens (tertiary/aromatic N) is 1. The molecule has 31 heavy (non-hydrogen) atoms. The van der Waals surface area contributed by atoms with Gasteiger partial charge < -0.3 is 4.74 Å². The molecular formula is C26H26FNO3. The molecule has 0 radical (unpaired) electrons. The number of carbonyl (C=O) groups excluding carboxylic acids is 2. The molecule has 5 heteroatoms. The highest BCUT2D eigenvalue weighted by Gasteiger charge is 2.46. The van der Waals surface area contributed by atoms with E-state index in [4.69, 9.17) is 4.74 Å². The molecule has 1 heterocycles. The Labute approximate surface area is 181 Å². The van der Waals surface area contributed by atoms with Crippen LogP contribution in [0.1, 0.15) is 50.7 Å². The average molecular weight is 419 g/mol. The van der Waals surface area contributed by atoms with Crippen molar-refractivity contribution >= 4 is 17.5 Å². The molecule has 0 bridgehead atoms. The summed E-state index contributed by atoms with van der Waals surface area (Å²) in [7, 11) is 0. The van der Waals surface area contributed by atoms with Gasteiger partial charge in [0.25, 0.3) is 0 Å². The average Bonchev–Trinajstić information content (AvgIpc) is 2.71. The Bertz CT molecular complexity index is 1080. The first kappa shape index (κ1) is 21.2. The minimum atomic E-state index is -0.769. The molecule has 1 aliphatic carbocycles. The van der Waals surface area contributed by atoms with Gasteiger partial charge in [-0.3, -0.25) is 14.6 Å². The number of carbonyl (C=O) groups is 2. The molecule has 0 aromatic heterocycles. The van der Waals surface area contributed by atoms with Crippen molar-refractivity contribution in [2.75, 3.05) is 0 Å². The number of hydrogen-bond donors (Lipinski definition) is 0. The van der Waals surface area contributed by atoms with Crippen LogP contribution in [0.3, 0.4) is 0 Å². The third kappa shape index (κ3) is 4.36. The van der Waals surface area contributed by atoms with Crippen molar-refractivity contribution in [3.8, 4) is 0 Å².